The molecule has 0 fully saturated rings. The van der Waals surface area contributed by atoms with Crippen LogP contribution in [0.5, 0.6) is 0 Å². The van der Waals surface area contributed by atoms with Crippen molar-refractivity contribution in [3.8, 4) is 0 Å². The lowest BCUT2D eigenvalue weighted by Crippen LogP contribution is -2.14. The van der Waals surface area contributed by atoms with Gasteiger partial charge >= 0.3 is 12.4 Å². The van der Waals surface area contributed by atoms with Crippen molar-refractivity contribution in [3.63, 3.8) is 0 Å². The molecule has 42 heavy (non-hydrogen) atoms. The lowest BCUT2D eigenvalue weighted by Gasteiger charge is -2.18. The molecule has 0 radical (unpaired) electrons. The molecule has 1 unspecified atom stereocenters. The third kappa shape index (κ3) is 6.37. The minimum Gasteiger partial charge on any atom is -0.498 e. The summed E-state index contributed by atoms with van der Waals surface area (Å²) in [6.07, 6.45) is -3.77. The molecule has 5 rings (SSSR count). The molecule has 2 aromatic carbocycles. The van der Waals surface area contributed by atoms with Gasteiger partial charge in [0.2, 0.25) is 0 Å². The van der Waals surface area contributed by atoms with Crippen LogP contribution in [-0.2, 0) is 17.1 Å². The summed E-state index contributed by atoms with van der Waals surface area (Å²) in [5.74, 6) is -0.966. The van der Waals surface area contributed by atoms with Gasteiger partial charge < -0.3 is 4.74 Å². The molecular formula is C30H23F8N3O. The first-order chi connectivity index (χ1) is 19.8. The maximum atomic E-state index is 14.3. The fourth-order valence-electron chi connectivity index (χ4n) is 4.86. The Morgan fingerprint density at radius 2 is 1.71 bits per heavy atom. The average Bonchev–Trinajstić information content (AvgIpc) is 3.20. The summed E-state index contributed by atoms with van der Waals surface area (Å²) in [5, 5.41) is 0. The zero-order valence-corrected chi connectivity index (χ0v) is 22.1. The SMILES string of the molecule is CC1=C(c2ccc(C(F)(F)F)cc2C(F)(F)F)C=C(CC2CCC=C3N=C(c4cc(F)ccc4F)N=C3C=N2)OCC1. The number of rotatable bonds is 4. The van der Waals surface area contributed by atoms with E-state index in [2.05, 4.69) is 15.0 Å². The number of amidine groups is 1. The molecule has 0 aromatic heterocycles. The van der Waals surface area contributed by atoms with Gasteiger partial charge in [0.25, 0.3) is 0 Å². The van der Waals surface area contributed by atoms with Crippen molar-refractivity contribution < 1.29 is 39.9 Å². The van der Waals surface area contributed by atoms with Crippen LogP contribution in [0.2, 0.25) is 0 Å². The van der Waals surface area contributed by atoms with Gasteiger partial charge in [0.1, 0.15) is 17.3 Å². The molecule has 3 aliphatic heterocycles. The molecule has 0 amide bonds. The van der Waals surface area contributed by atoms with E-state index in [4.69, 9.17) is 4.74 Å². The zero-order valence-electron chi connectivity index (χ0n) is 22.1. The van der Waals surface area contributed by atoms with Crippen LogP contribution in [0.1, 0.15) is 54.9 Å². The van der Waals surface area contributed by atoms with Gasteiger partial charge in [-0.2, -0.15) is 26.3 Å². The Hall–Kier alpha value is -4.09. The highest BCUT2D eigenvalue weighted by Gasteiger charge is 2.39. The molecule has 3 heterocycles. The van der Waals surface area contributed by atoms with E-state index in [0.717, 1.165) is 24.3 Å². The number of alkyl halides is 6. The van der Waals surface area contributed by atoms with Crippen LogP contribution in [0.4, 0.5) is 35.1 Å². The predicted octanol–water partition coefficient (Wildman–Crippen LogP) is 8.49. The molecule has 0 saturated heterocycles. The maximum Gasteiger partial charge on any atom is 0.417 e. The minimum absolute atomic E-state index is 0.00947. The van der Waals surface area contributed by atoms with Crippen LogP contribution in [0.25, 0.3) is 5.57 Å². The Kier molecular flexibility index (Phi) is 7.91. The Labute approximate surface area is 235 Å². The summed E-state index contributed by atoms with van der Waals surface area (Å²) in [6, 6.07) is 4.22. The van der Waals surface area contributed by atoms with Crippen LogP contribution in [0, 0.1) is 11.6 Å². The van der Waals surface area contributed by atoms with Gasteiger partial charge in [-0.25, -0.2) is 18.8 Å². The van der Waals surface area contributed by atoms with Crippen molar-refractivity contribution in [3.05, 3.63) is 99.5 Å². The Balaban J connectivity index is 1.41. The number of hydrogen-bond donors (Lipinski definition) is 0. The summed E-state index contributed by atoms with van der Waals surface area (Å²) in [4.78, 5) is 13.2. The van der Waals surface area contributed by atoms with Gasteiger partial charge in [0.15, 0.2) is 5.84 Å². The fourth-order valence-corrected chi connectivity index (χ4v) is 4.86. The van der Waals surface area contributed by atoms with E-state index in [0.29, 0.717) is 41.6 Å². The fraction of sp³-hybridized carbons (Fsp3) is 0.300. The third-order valence-corrected chi connectivity index (χ3v) is 7.04. The van der Waals surface area contributed by atoms with Crippen LogP contribution in [0.3, 0.4) is 0 Å². The van der Waals surface area contributed by atoms with Crippen molar-refractivity contribution in [1.82, 2.24) is 0 Å². The van der Waals surface area contributed by atoms with Gasteiger partial charge in [-0.1, -0.05) is 17.7 Å². The average molecular weight is 594 g/mol. The number of halogens is 8. The Morgan fingerprint density at radius 1 is 0.929 bits per heavy atom. The van der Waals surface area contributed by atoms with Crippen molar-refractivity contribution in [2.24, 2.45) is 15.0 Å². The number of aliphatic imine (C=N–C) groups is 3. The van der Waals surface area contributed by atoms with Crippen molar-refractivity contribution >= 4 is 23.3 Å². The third-order valence-electron chi connectivity index (χ3n) is 7.04. The second-order valence-electron chi connectivity index (χ2n) is 10.0. The molecular weight excluding hydrogens is 570 g/mol. The van der Waals surface area contributed by atoms with E-state index < -0.39 is 35.1 Å². The normalized spacial score (nSPS) is 19.6. The highest BCUT2D eigenvalue weighted by atomic mass is 19.4. The molecule has 0 bridgehead atoms. The van der Waals surface area contributed by atoms with Crippen molar-refractivity contribution in [2.45, 2.75) is 51.0 Å². The lowest BCUT2D eigenvalue weighted by atomic mass is 9.92. The van der Waals surface area contributed by atoms with Gasteiger partial charge in [0.05, 0.1) is 40.8 Å². The second-order valence-corrected chi connectivity index (χ2v) is 10.0. The molecule has 2 aromatic rings. The van der Waals surface area contributed by atoms with Crippen LogP contribution >= 0.6 is 0 Å². The number of allylic oxidation sites excluding steroid dienone is 4. The highest BCUT2D eigenvalue weighted by Crippen LogP contribution is 2.41. The number of ether oxygens (including phenoxy) is 1. The minimum atomic E-state index is -5.02. The quantitative estimate of drug-likeness (QED) is 0.328. The second kappa shape index (κ2) is 11.3. The zero-order chi connectivity index (χ0) is 30.2. The predicted molar refractivity (Wildman–Crippen MR) is 142 cm³/mol. The standard InChI is InChI=1S/C30H23F8N3O/c1-16-9-10-42-20(14-22(16)21-7-5-17(29(33,34)35)11-24(21)30(36,37)38)13-19-3-2-4-26-27(15-39-19)41-28(40-26)23-12-18(31)6-8-25(23)32/h4-8,11-12,14-15,19H,2-3,9-10,13H2,1H3. The monoisotopic (exact) mass is 593 g/mol. The first kappa shape index (κ1) is 29.4. The number of fused-ring (bicyclic) bond motifs is 1. The Morgan fingerprint density at radius 3 is 2.45 bits per heavy atom. The van der Waals surface area contributed by atoms with E-state index in [1.807, 2.05) is 0 Å². The smallest absolute Gasteiger partial charge is 0.417 e. The first-order valence-electron chi connectivity index (χ1n) is 13.0. The molecule has 0 saturated carbocycles. The highest BCUT2D eigenvalue weighted by molar-refractivity contribution is 6.43. The molecule has 3 aliphatic rings. The number of nitrogens with zero attached hydrogens (tertiary/aromatic N) is 3. The van der Waals surface area contributed by atoms with E-state index in [9.17, 15) is 35.1 Å². The topological polar surface area (TPSA) is 46.3 Å². The molecule has 0 N–H and O–H groups in total. The molecule has 0 aliphatic carbocycles. The molecule has 1 atom stereocenters. The van der Waals surface area contributed by atoms with Gasteiger partial charge in [-0.3, -0.25) is 4.99 Å². The first-order valence-corrected chi connectivity index (χ1v) is 13.0. The molecule has 4 nitrogen and oxygen atoms in total. The van der Waals surface area contributed by atoms with Gasteiger partial charge in [-0.05, 0) is 67.3 Å². The summed E-state index contributed by atoms with van der Waals surface area (Å²) < 4.78 is 115. The van der Waals surface area contributed by atoms with Crippen molar-refractivity contribution in [1.29, 1.82) is 0 Å². The van der Waals surface area contributed by atoms with Gasteiger partial charge in [-0.15, -0.1) is 0 Å². The summed E-state index contributed by atoms with van der Waals surface area (Å²) >= 11 is 0. The summed E-state index contributed by atoms with van der Waals surface area (Å²) in [5.41, 5.74) is -1.71. The molecule has 220 valence electrons. The molecule has 12 heteroatoms. The van der Waals surface area contributed by atoms with Crippen molar-refractivity contribution in [2.75, 3.05) is 6.61 Å². The van der Waals surface area contributed by atoms with E-state index in [1.165, 1.54) is 12.3 Å². The van der Waals surface area contributed by atoms with Gasteiger partial charge in [0, 0.05) is 19.1 Å². The number of benzene rings is 2. The van der Waals surface area contributed by atoms with Crippen LogP contribution in [-0.4, -0.2) is 30.4 Å². The van der Waals surface area contributed by atoms with Crippen LogP contribution < -0.4 is 0 Å². The number of hydrogen-bond acceptors (Lipinski definition) is 4. The Bertz CT molecular complexity index is 1590. The van der Waals surface area contributed by atoms with Crippen LogP contribution in [0.15, 0.2) is 80.6 Å². The summed E-state index contributed by atoms with van der Waals surface area (Å²) in [6.45, 7) is 1.79. The van der Waals surface area contributed by atoms with E-state index in [1.54, 1.807) is 13.0 Å². The van der Waals surface area contributed by atoms with E-state index >= 15 is 0 Å². The summed E-state index contributed by atoms with van der Waals surface area (Å²) in [7, 11) is 0. The lowest BCUT2D eigenvalue weighted by molar-refractivity contribution is -0.143. The maximum absolute atomic E-state index is 14.3. The largest absolute Gasteiger partial charge is 0.498 e. The molecule has 0 spiro atoms. The van der Waals surface area contributed by atoms with E-state index in [-0.39, 0.29) is 54.1 Å².